The number of nitrogens with one attached hydrogen (secondary N) is 2. The molecule has 0 aliphatic heterocycles. The lowest BCUT2D eigenvalue weighted by atomic mass is 10.2. The summed E-state index contributed by atoms with van der Waals surface area (Å²) in [6.07, 6.45) is 4.44. The van der Waals surface area contributed by atoms with Gasteiger partial charge in [-0.15, -0.1) is 10.2 Å². The van der Waals surface area contributed by atoms with Crippen molar-refractivity contribution in [2.45, 2.75) is 18.5 Å². The van der Waals surface area contributed by atoms with Gasteiger partial charge in [-0.25, -0.2) is 4.79 Å². The van der Waals surface area contributed by atoms with Crippen molar-refractivity contribution in [1.82, 2.24) is 24.7 Å². The summed E-state index contributed by atoms with van der Waals surface area (Å²) in [5.74, 6) is 1.36. The molecule has 2 N–H and O–H groups in total. The van der Waals surface area contributed by atoms with Gasteiger partial charge in [0.1, 0.15) is 5.82 Å². The van der Waals surface area contributed by atoms with Crippen molar-refractivity contribution in [3.05, 3.63) is 110 Å². The molecule has 8 heteroatoms. The first-order chi connectivity index (χ1) is 15.1. The SMILES string of the molecule is Cc1cccc(-n2c(Cc3cc(=O)[nH]c(=O)[nH]3)nnc2SCC=Cc2ccccc2)c1. The number of thioether (sulfide) groups is 1. The summed E-state index contributed by atoms with van der Waals surface area (Å²) in [4.78, 5) is 28.1. The van der Waals surface area contributed by atoms with Crippen LogP contribution >= 0.6 is 11.8 Å². The van der Waals surface area contributed by atoms with Crippen molar-refractivity contribution in [2.75, 3.05) is 5.75 Å². The number of aromatic amines is 2. The smallest absolute Gasteiger partial charge is 0.311 e. The van der Waals surface area contributed by atoms with E-state index in [1.165, 1.54) is 6.07 Å². The number of rotatable bonds is 7. The number of hydrogen-bond acceptors (Lipinski definition) is 5. The van der Waals surface area contributed by atoms with E-state index in [-0.39, 0.29) is 6.42 Å². The molecule has 2 heterocycles. The van der Waals surface area contributed by atoms with Crippen LogP contribution in [0.25, 0.3) is 11.8 Å². The van der Waals surface area contributed by atoms with Crippen molar-refractivity contribution in [1.29, 1.82) is 0 Å². The highest BCUT2D eigenvalue weighted by atomic mass is 32.2. The summed E-state index contributed by atoms with van der Waals surface area (Å²) in [5.41, 5.74) is 2.69. The fraction of sp³-hybridized carbons (Fsp3) is 0.130. The molecule has 31 heavy (non-hydrogen) atoms. The van der Waals surface area contributed by atoms with Gasteiger partial charge in [-0.05, 0) is 30.2 Å². The predicted octanol–water partition coefficient (Wildman–Crippen LogP) is 3.35. The largest absolute Gasteiger partial charge is 0.325 e. The van der Waals surface area contributed by atoms with E-state index in [1.807, 2.05) is 47.9 Å². The highest BCUT2D eigenvalue weighted by molar-refractivity contribution is 7.99. The molecule has 4 rings (SSSR count). The van der Waals surface area contributed by atoms with Crippen LogP contribution in [0.5, 0.6) is 0 Å². The summed E-state index contributed by atoms with van der Waals surface area (Å²) < 4.78 is 1.97. The third-order valence-electron chi connectivity index (χ3n) is 4.54. The predicted molar refractivity (Wildman–Crippen MR) is 123 cm³/mol. The van der Waals surface area contributed by atoms with Gasteiger partial charge in [0.15, 0.2) is 5.16 Å². The molecule has 0 bridgehead atoms. The molecular formula is C23H21N5O2S. The minimum atomic E-state index is -0.537. The van der Waals surface area contributed by atoms with Gasteiger partial charge in [-0.1, -0.05) is 66.4 Å². The van der Waals surface area contributed by atoms with Crippen LogP contribution in [0, 0.1) is 6.92 Å². The molecule has 0 saturated heterocycles. The Morgan fingerprint density at radius 2 is 1.84 bits per heavy atom. The molecule has 0 fully saturated rings. The van der Waals surface area contributed by atoms with E-state index in [0.29, 0.717) is 11.5 Å². The molecule has 2 aromatic carbocycles. The van der Waals surface area contributed by atoms with Crippen LogP contribution in [0.3, 0.4) is 0 Å². The van der Waals surface area contributed by atoms with Gasteiger partial charge < -0.3 is 4.98 Å². The Hall–Kier alpha value is -3.65. The number of benzene rings is 2. The monoisotopic (exact) mass is 431 g/mol. The topological polar surface area (TPSA) is 96.4 Å². The lowest BCUT2D eigenvalue weighted by Gasteiger charge is -2.10. The molecule has 4 aromatic rings. The van der Waals surface area contributed by atoms with E-state index >= 15 is 0 Å². The van der Waals surface area contributed by atoms with Crippen LogP contribution in [-0.2, 0) is 6.42 Å². The summed E-state index contributed by atoms with van der Waals surface area (Å²) in [6, 6.07) is 19.5. The van der Waals surface area contributed by atoms with Gasteiger partial charge in [0.25, 0.3) is 5.56 Å². The van der Waals surface area contributed by atoms with E-state index < -0.39 is 11.2 Å². The first kappa shape index (κ1) is 20.6. The fourth-order valence-corrected chi connectivity index (χ4v) is 3.97. The number of hydrogen-bond donors (Lipinski definition) is 2. The summed E-state index contributed by atoms with van der Waals surface area (Å²) >= 11 is 1.57. The molecule has 0 aliphatic carbocycles. The van der Waals surface area contributed by atoms with Crippen LogP contribution in [0.2, 0.25) is 0 Å². The molecule has 7 nitrogen and oxygen atoms in total. The van der Waals surface area contributed by atoms with Gasteiger partial charge >= 0.3 is 5.69 Å². The van der Waals surface area contributed by atoms with Gasteiger partial charge in [0.2, 0.25) is 0 Å². The van der Waals surface area contributed by atoms with E-state index in [9.17, 15) is 9.59 Å². The molecule has 0 saturated carbocycles. The lowest BCUT2D eigenvalue weighted by molar-refractivity contribution is 0.829. The first-order valence-electron chi connectivity index (χ1n) is 9.77. The maximum Gasteiger partial charge on any atom is 0.325 e. The summed E-state index contributed by atoms with van der Waals surface area (Å²) in [5, 5.41) is 9.46. The normalized spacial score (nSPS) is 11.3. The Bertz CT molecular complexity index is 1290. The van der Waals surface area contributed by atoms with Gasteiger partial charge in [0, 0.05) is 29.6 Å². The summed E-state index contributed by atoms with van der Waals surface area (Å²) in [7, 11) is 0. The minimum Gasteiger partial charge on any atom is -0.311 e. The zero-order chi connectivity index (χ0) is 21.6. The zero-order valence-corrected chi connectivity index (χ0v) is 17.7. The van der Waals surface area contributed by atoms with Crippen LogP contribution < -0.4 is 11.2 Å². The van der Waals surface area contributed by atoms with Crippen molar-refractivity contribution in [3.63, 3.8) is 0 Å². The van der Waals surface area contributed by atoms with Crippen LogP contribution in [0.4, 0.5) is 0 Å². The van der Waals surface area contributed by atoms with Crippen LogP contribution in [-0.4, -0.2) is 30.5 Å². The second-order valence-corrected chi connectivity index (χ2v) is 7.97. The Kier molecular flexibility index (Phi) is 6.28. The number of aromatic nitrogens is 5. The average Bonchev–Trinajstić information content (AvgIpc) is 3.13. The van der Waals surface area contributed by atoms with Crippen LogP contribution in [0.1, 0.15) is 22.6 Å². The third kappa shape index (κ3) is 5.29. The molecule has 0 aliphatic rings. The molecule has 0 atom stereocenters. The quantitative estimate of drug-likeness (QED) is 0.438. The molecular weight excluding hydrogens is 410 g/mol. The van der Waals surface area contributed by atoms with E-state index in [4.69, 9.17) is 0 Å². The molecule has 0 spiro atoms. The number of nitrogens with zero attached hydrogens (tertiary/aromatic N) is 3. The van der Waals surface area contributed by atoms with Gasteiger partial charge in [-0.3, -0.25) is 14.3 Å². The molecule has 2 aromatic heterocycles. The Morgan fingerprint density at radius 1 is 1.00 bits per heavy atom. The fourth-order valence-electron chi connectivity index (χ4n) is 3.19. The number of H-pyrrole nitrogens is 2. The molecule has 0 amide bonds. The molecule has 156 valence electrons. The van der Waals surface area contributed by atoms with Crippen molar-refractivity contribution < 1.29 is 0 Å². The molecule has 0 unspecified atom stereocenters. The van der Waals surface area contributed by atoms with Crippen molar-refractivity contribution >= 4 is 17.8 Å². The Labute approximate surface area is 182 Å². The van der Waals surface area contributed by atoms with Crippen molar-refractivity contribution in [3.8, 4) is 5.69 Å². The van der Waals surface area contributed by atoms with E-state index in [0.717, 1.165) is 27.7 Å². The van der Waals surface area contributed by atoms with Gasteiger partial charge in [-0.2, -0.15) is 0 Å². The Balaban J connectivity index is 1.63. The summed E-state index contributed by atoms with van der Waals surface area (Å²) in [6.45, 7) is 2.02. The maximum atomic E-state index is 11.7. The number of aryl methyl sites for hydroxylation is 1. The minimum absolute atomic E-state index is 0.278. The van der Waals surface area contributed by atoms with Crippen molar-refractivity contribution in [2.24, 2.45) is 0 Å². The first-order valence-corrected chi connectivity index (χ1v) is 10.8. The Morgan fingerprint density at radius 3 is 2.61 bits per heavy atom. The van der Waals surface area contributed by atoms with Gasteiger partial charge in [0.05, 0.1) is 0 Å². The highest BCUT2D eigenvalue weighted by Crippen LogP contribution is 2.24. The molecule has 0 radical (unpaired) electrons. The second kappa shape index (κ2) is 9.44. The third-order valence-corrected chi connectivity index (χ3v) is 5.43. The lowest BCUT2D eigenvalue weighted by Crippen LogP contribution is -2.23. The zero-order valence-electron chi connectivity index (χ0n) is 16.9. The van der Waals surface area contributed by atoms with Crippen LogP contribution in [0.15, 0.2) is 81.5 Å². The van der Waals surface area contributed by atoms with E-state index in [1.54, 1.807) is 11.8 Å². The van der Waals surface area contributed by atoms with E-state index in [2.05, 4.69) is 50.5 Å². The second-order valence-electron chi connectivity index (χ2n) is 6.99. The maximum absolute atomic E-state index is 11.7. The highest BCUT2D eigenvalue weighted by Gasteiger charge is 2.15. The average molecular weight is 432 g/mol. The standard InChI is InChI=1S/C23H21N5O2S/c1-16-7-5-11-19(13-16)28-20(14-18-15-21(29)25-22(30)24-18)26-27-23(28)31-12-6-10-17-8-3-2-4-9-17/h2-11,13,15H,12,14H2,1H3,(H2,24,25,29,30).